The van der Waals surface area contributed by atoms with Crippen LogP contribution in [0.5, 0.6) is 0 Å². The van der Waals surface area contributed by atoms with Gasteiger partial charge < -0.3 is 20.4 Å². The number of aromatic nitrogens is 1. The predicted octanol–water partition coefficient (Wildman–Crippen LogP) is 3.40. The highest BCUT2D eigenvalue weighted by molar-refractivity contribution is 5.92. The molecule has 1 aromatic heterocycles. The first kappa shape index (κ1) is 21.4. The number of para-hydroxylation sites is 1. The van der Waals surface area contributed by atoms with Crippen molar-refractivity contribution < 1.29 is 4.79 Å². The summed E-state index contributed by atoms with van der Waals surface area (Å²) in [4.78, 5) is 24.2. The maximum absolute atomic E-state index is 12.6. The van der Waals surface area contributed by atoms with E-state index in [4.69, 9.17) is 0 Å². The Kier molecular flexibility index (Phi) is 7.25. The van der Waals surface area contributed by atoms with Gasteiger partial charge in [0.2, 0.25) is 0 Å². The van der Waals surface area contributed by atoms with Crippen LogP contribution >= 0.6 is 0 Å². The molecule has 4 rings (SSSR count). The molecule has 3 heterocycles. The van der Waals surface area contributed by atoms with Gasteiger partial charge in [0.25, 0.3) is 0 Å². The molecule has 2 aliphatic heterocycles. The molecule has 2 aromatic rings. The van der Waals surface area contributed by atoms with Crippen molar-refractivity contribution in [2.24, 2.45) is 0 Å². The third kappa shape index (κ3) is 5.88. The second-order valence-corrected chi connectivity index (χ2v) is 8.52. The standard InChI is InChI=1S/C24H34N6O/c1-20(11-15-28-16-18-29(19-17-28)21-8-3-2-4-9-21)26-24(31)27-22-10-7-12-25-23(22)30-13-5-6-14-30/h2-4,7-10,12,20H,5-6,11,13-19H2,1H3,(H2,26,27,31). The molecule has 2 N–H and O–H groups in total. The molecule has 0 saturated carbocycles. The van der Waals surface area contributed by atoms with Crippen molar-refractivity contribution in [3.8, 4) is 0 Å². The van der Waals surface area contributed by atoms with E-state index >= 15 is 0 Å². The number of anilines is 3. The van der Waals surface area contributed by atoms with Gasteiger partial charge in [0.1, 0.15) is 0 Å². The van der Waals surface area contributed by atoms with Gasteiger partial charge in [0.05, 0.1) is 5.69 Å². The Morgan fingerprint density at radius 3 is 2.45 bits per heavy atom. The molecule has 7 nitrogen and oxygen atoms in total. The number of urea groups is 1. The lowest BCUT2D eigenvalue weighted by atomic mass is 10.2. The Morgan fingerprint density at radius 2 is 1.71 bits per heavy atom. The van der Waals surface area contributed by atoms with Gasteiger partial charge in [0.15, 0.2) is 5.82 Å². The maximum atomic E-state index is 12.6. The fourth-order valence-electron chi connectivity index (χ4n) is 4.37. The third-order valence-electron chi connectivity index (χ3n) is 6.19. The number of hydrogen-bond acceptors (Lipinski definition) is 5. The Hall–Kier alpha value is -2.80. The molecule has 0 radical (unpaired) electrons. The number of piperazine rings is 1. The highest BCUT2D eigenvalue weighted by Crippen LogP contribution is 2.26. The zero-order valence-electron chi connectivity index (χ0n) is 18.5. The summed E-state index contributed by atoms with van der Waals surface area (Å²) in [6.45, 7) is 9.29. The van der Waals surface area contributed by atoms with Crippen LogP contribution in [0.2, 0.25) is 0 Å². The highest BCUT2D eigenvalue weighted by Gasteiger charge is 2.20. The van der Waals surface area contributed by atoms with E-state index < -0.39 is 0 Å². The molecule has 7 heteroatoms. The fraction of sp³-hybridized carbons (Fsp3) is 0.500. The van der Waals surface area contributed by atoms with Gasteiger partial charge in [-0.1, -0.05) is 18.2 Å². The minimum absolute atomic E-state index is 0.110. The molecule has 2 aliphatic rings. The summed E-state index contributed by atoms with van der Waals surface area (Å²) < 4.78 is 0. The zero-order chi connectivity index (χ0) is 21.5. The summed E-state index contributed by atoms with van der Waals surface area (Å²) in [5.41, 5.74) is 2.09. The number of benzene rings is 1. The molecule has 0 aliphatic carbocycles. The van der Waals surface area contributed by atoms with E-state index in [1.54, 1.807) is 6.20 Å². The minimum atomic E-state index is -0.158. The van der Waals surface area contributed by atoms with Gasteiger partial charge in [0, 0.05) is 63.7 Å². The summed E-state index contributed by atoms with van der Waals surface area (Å²) in [6.07, 6.45) is 5.08. The third-order valence-corrected chi connectivity index (χ3v) is 6.19. The van der Waals surface area contributed by atoms with Crippen molar-refractivity contribution in [2.75, 3.05) is 60.9 Å². The van der Waals surface area contributed by atoms with Gasteiger partial charge >= 0.3 is 6.03 Å². The second-order valence-electron chi connectivity index (χ2n) is 8.52. The molecule has 31 heavy (non-hydrogen) atoms. The molecule has 0 bridgehead atoms. The first-order valence-corrected chi connectivity index (χ1v) is 11.5. The van der Waals surface area contributed by atoms with Crippen LogP contribution in [-0.4, -0.2) is 67.8 Å². The average Bonchev–Trinajstić information content (AvgIpc) is 3.34. The quantitative estimate of drug-likeness (QED) is 0.716. The van der Waals surface area contributed by atoms with E-state index in [2.05, 4.69) is 67.6 Å². The van der Waals surface area contributed by atoms with Gasteiger partial charge in [-0.2, -0.15) is 0 Å². The normalized spacial score (nSPS) is 18.1. The fourth-order valence-corrected chi connectivity index (χ4v) is 4.37. The zero-order valence-corrected chi connectivity index (χ0v) is 18.5. The number of nitrogens with one attached hydrogen (secondary N) is 2. The molecule has 1 unspecified atom stereocenters. The van der Waals surface area contributed by atoms with E-state index in [0.29, 0.717) is 0 Å². The van der Waals surface area contributed by atoms with Crippen LogP contribution in [0.15, 0.2) is 48.7 Å². The summed E-state index contributed by atoms with van der Waals surface area (Å²) >= 11 is 0. The molecule has 1 aromatic carbocycles. The van der Waals surface area contributed by atoms with Crippen molar-refractivity contribution in [3.05, 3.63) is 48.7 Å². The molecule has 2 amide bonds. The summed E-state index contributed by atoms with van der Waals surface area (Å²) in [5.74, 6) is 0.874. The van der Waals surface area contributed by atoms with Crippen molar-refractivity contribution in [3.63, 3.8) is 0 Å². The number of nitrogens with zero attached hydrogens (tertiary/aromatic N) is 4. The van der Waals surface area contributed by atoms with Crippen LogP contribution < -0.4 is 20.4 Å². The van der Waals surface area contributed by atoms with Crippen LogP contribution in [0.3, 0.4) is 0 Å². The lowest BCUT2D eigenvalue weighted by Crippen LogP contribution is -2.47. The molecular formula is C24H34N6O. The summed E-state index contributed by atoms with van der Waals surface area (Å²) in [6, 6.07) is 14.4. The first-order valence-electron chi connectivity index (χ1n) is 11.5. The summed E-state index contributed by atoms with van der Waals surface area (Å²) in [5, 5.41) is 6.09. The van der Waals surface area contributed by atoms with Gasteiger partial charge in [-0.3, -0.25) is 4.90 Å². The van der Waals surface area contributed by atoms with Gasteiger partial charge in [-0.15, -0.1) is 0 Å². The number of rotatable bonds is 7. The smallest absolute Gasteiger partial charge is 0.319 e. The monoisotopic (exact) mass is 422 g/mol. The van der Waals surface area contributed by atoms with E-state index in [1.165, 1.54) is 18.5 Å². The highest BCUT2D eigenvalue weighted by atomic mass is 16.2. The van der Waals surface area contributed by atoms with Crippen molar-refractivity contribution >= 4 is 23.2 Å². The Morgan fingerprint density at radius 1 is 0.968 bits per heavy atom. The van der Waals surface area contributed by atoms with Crippen molar-refractivity contribution in [2.45, 2.75) is 32.2 Å². The lowest BCUT2D eigenvalue weighted by Gasteiger charge is -2.36. The van der Waals surface area contributed by atoms with Crippen LogP contribution in [0, 0.1) is 0 Å². The van der Waals surface area contributed by atoms with E-state index in [-0.39, 0.29) is 12.1 Å². The lowest BCUT2D eigenvalue weighted by molar-refractivity contribution is 0.235. The van der Waals surface area contributed by atoms with Crippen molar-refractivity contribution in [1.29, 1.82) is 0 Å². The average molecular weight is 423 g/mol. The minimum Gasteiger partial charge on any atom is -0.369 e. The predicted molar refractivity (Wildman–Crippen MR) is 127 cm³/mol. The SMILES string of the molecule is CC(CCN1CCN(c2ccccc2)CC1)NC(=O)Nc1cccnc1N1CCCC1. The Balaban J connectivity index is 1.19. The summed E-state index contributed by atoms with van der Waals surface area (Å²) in [7, 11) is 0. The molecule has 2 saturated heterocycles. The van der Waals surface area contributed by atoms with Crippen molar-refractivity contribution in [1.82, 2.24) is 15.2 Å². The Labute approximate surface area is 185 Å². The number of carbonyl (C=O) groups excluding carboxylic acids is 1. The van der Waals surface area contributed by atoms with E-state index in [9.17, 15) is 4.79 Å². The van der Waals surface area contributed by atoms with Gasteiger partial charge in [-0.05, 0) is 50.5 Å². The maximum Gasteiger partial charge on any atom is 0.319 e. The number of pyridine rings is 1. The molecule has 0 spiro atoms. The van der Waals surface area contributed by atoms with Gasteiger partial charge in [-0.25, -0.2) is 9.78 Å². The first-order chi connectivity index (χ1) is 15.2. The van der Waals surface area contributed by atoms with E-state index in [1.807, 2.05) is 12.1 Å². The van der Waals surface area contributed by atoms with Crippen LogP contribution in [0.4, 0.5) is 22.0 Å². The molecule has 166 valence electrons. The number of amides is 2. The topological polar surface area (TPSA) is 63.7 Å². The van der Waals surface area contributed by atoms with Crippen LogP contribution in [0.25, 0.3) is 0 Å². The van der Waals surface area contributed by atoms with E-state index in [0.717, 1.165) is 63.7 Å². The molecule has 1 atom stereocenters. The number of hydrogen-bond donors (Lipinski definition) is 2. The molecule has 2 fully saturated rings. The Bertz CT molecular complexity index is 831. The van der Waals surface area contributed by atoms with Crippen LogP contribution in [0.1, 0.15) is 26.2 Å². The largest absolute Gasteiger partial charge is 0.369 e. The number of carbonyl (C=O) groups is 1. The molecular weight excluding hydrogens is 388 g/mol. The van der Waals surface area contributed by atoms with Crippen LogP contribution in [-0.2, 0) is 0 Å². The second kappa shape index (κ2) is 10.5.